The van der Waals surface area contributed by atoms with Crippen LogP contribution in [0.1, 0.15) is 16.6 Å². The Morgan fingerprint density at radius 2 is 1.69 bits per heavy atom. The average molecular weight is 390 g/mol. The molecule has 132 valence electrons. The molecule has 26 heavy (non-hydrogen) atoms. The Morgan fingerprint density at radius 3 is 2.27 bits per heavy atom. The Balaban J connectivity index is 1.88. The number of halogens is 1. The Labute approximate surface area is 156 Å². The van der Waals surface area contributed by atoms with E-state index in [1.54, 1.807) is 30.3 Å². The number of carbonyl (C=O) groups is 2. The summed E-state index contributed by atoms with van der Waals surface area (Å²) in [5.74, 6) is -0.654. The molecular formula is C17H12ClN3O4S. The van der Waals surface area contributed by atoms with Gasteiger partial charge in [0.2, 0.25) is 5.91 Å². The Kier molecular flexibility index (Phi) is 4.88. The highest BCUT2D eigenvalue weighted by Crippen LogP contribution is 2.40. The number of fused-ring (bicyclic) bond motifs is 1. The fraction of sp³-hybridized carbons (Fsp3) is 0.0588. The second kappa shape index (κ2) is 7.11. The van der Waals surface area contributed by atoms with Gasteiger partial charge in [0, 0.05) is 29.8 Å². The third kappa shape index (κ3) is 3.51. The Hall–Kier alpha value is -2.97. The molecule has 0 bridgehead atoms. The molecular weight excluding hydrogens is 378 g/mol. The third-order valence-corrected chi connectivity index (χ3v) is 5.23. The van der Waals surface area contributed by atoms with Gasteiger partial charge in [-0.15, -0.1) is 11.3 Å². The summed E-state index contributed by atoms with van der Waals surface area (Å²) in [6, 6.07) is 11.1. The Bertz CT molecular complexity index is 1030. The number of nitro benzene ring substituents is 1. The van der Waals surface area contributed by atoms with Crippen molar-refractivity contribution >= 4 is 61.9 Å². The van der Waals surface area contributed by atoms with E-state index in [9.17, 15) is 19.7 Å². The summed E-state index contributed by atoms with van der Waals surface area (Å²) in [5.41, 5.74) is 1.02. The number of hydrogen-bond donors (Lipinski definition) is 2. The van der Waals surface area contributed by atoms with E-state index >= 15 is 0 Å². The molecule has 1 heterocycles. The van der Waals surface area contributed by atoms with Crippen LogP contribution in [0.3, 0.4) is 0 Å². The van der Waals surface area contributed by atoms with E-state index in [-0.39, 0.29) is 21.5 Å². The predicted molar refractivity (Wildman–Crippen MR) is 102 cm³/mol. The first kappa shape index (κ1) is 17.8. The number of rotatable bonds is 4. The van der Waals surface area contributed by atoms with Crippen molar-refractivity contribution in [3.8, 4) is 0 Å². The minimum Gasteiger partial charge on any atom is -0.326 e. The fourth-order valence-corrected chi connectivity index (χ4v) is 3.88. The zero-order valence-corrected chi connectivity index (χ0v) is 15.0. The maximum Gasteiger partial charge on any atom is 0.287 e. The normalized spacial score (nSPS) is 10.5. The lowest BCUT2D eigenvalue weighted by molar-refractivity contribution is -0.382. The van der Waals surface area contributed by atoms with E-state index in [0.717, 1.165) is 11.3 Å². The average Bonchev–Trinajstić information content (AvgIpc) is 2.93. The van der Waals surface area contributed by atoms with Gasteiger partial charge in [-0.25, -0.2) is 0 Å². The molecule has 0 atom stereocenters. The molecule has 0 aliphatic heterocycles. The molecule has 0 spiro atoms. The van der Waals surface area contributed by atoms with Gasteiger partial charge < -0.3 is 10.6 Å². The molecule has 2 N–H and O–H groups in total. The number of anilines is 2. The smallest absolute Gasteiger partial charge is 0.287 e. The summed E-state index contributed by atoms with van der Waals surface area (Å²) >= 11 is 7.23. The number of nitro groups is 1. The molecule has 2 amide bonds. The predicted octanol–water partition coefficient (Wildman–Crippen LogP) is 4.67. The first-order valence-electron chi connectivity index (χ1n) is 7.41. The SMILES string of the molecule is CC(=O)Nc1ccc(NC(=O)c2sc3c([N+](=O)[O-])cccc3c2Cl)cc1. The van der Waals surface area contributed by atoms with Crippen LogP contribution in [-0.4, -0.2) is 16.7 Å². The van der Waals surface area contributed by atoms with Gasteiger partial charge in [0.25, 0.3) is 11.6 Å². The maximum absolute atomic E-state index is 12.5. The second-order valence-electron chi connectivity index (χ2n) is 5.37. The van der Waals surface area contributed by atoms with Gasteiger partial charge in [-0.2, -0.15) is 0 Å². The van der Waals surface area contributed by atoms with Crippen molar-refractivity contribution in [2.45, 2.75) is 6.92 Å². The van der Waals surface area contributed by atoms with Gasteiger partial charge in [0.1, 0.15) is 9.58 Å². The maximum atomic E-state index is 12.5. The molecule has 0 unspecified atom stereocenters. The number of carbonyl (C=O) groups excluding carboxylic acids is 2. The van der Waals surface area contributed by atoms with Crippen molar-refractivity contribution in [2.24, 2.45) is 0 Å². The summed E-state index contributed by atoms with van der Waals surface area (Å²) in [5, 5.41) is 17.1. The molecule has 9 heteroatoms. The number of nitrogens with zero attached hydrogens (tertiary/aromatic N) is 1. The first-order valence-corrected chi connectivity index (χ1v) is 8.60. The van der Waals surface area contributed by atoms with Gasteiger partial charge in [-0.1, -0.05) is 23.7 Å². The van der Waals surface area contributed by atoms with Crippen LogP contribution in [0.25, 0.3) is 10.1 Å². The second-order valence-corrected chi connectivity index (χ2v) is 6.77. The third-order valence-electron chi connectivity index (χ3n) is 3.50. The summed E-state index contributed by atoms with van der Waals surface area (Å²) in [7, 11) is 0. The molecule has 0 aliphatic rings. The number of benzene rings is 2. The topological polar surface area (TPSA) is 101 Å². The first-order chi connectivity index (χ1) is 12.4. The zero-order chi connectivity index (χ0) is 18.8. The lowest BCUT2D eigenvalue weighted by atomic mass is 10.2. The lowest BCUT2D eigenvalue weighted by Gasteiger charge is -2.06. The van der Waals surface area contributed by atoms with Crippen molar-refractivity contribution in [1.82, 2.24) is 0 Å². The quantitative estimate of drug-likeness (QED) is 0.499. The van der Waals surface area contributed by atoms with Crippen molar-refractivity contribution in [3.63, 3.8) is 0 Å². The van der Waals surface area contributed by atoms with Crippen LogP contribution in [0.15, 0.2) is 42.5 Å². The molecule has 3 aromatic rings. The summed E-state index contributed by atoms with van der Waals surface area (Å²) in [6.07, 6.45) is 0. The zero-order valence-electron chi connectivity index (χ0n) is 13.4. The van der Waals surface area contributed by atoms with Crippen molar-refractivity contribution in [2.75, 3.05) is 10.6 Å². The summed E-state index contributed by atoms with van der Waals surface area (Å²) in [6.45, 7) is 1.40. The molecule has 1 aromatic heterocycles. The monoisotopic (exact) mass is 389 g/mol. The highest BCUT2D eigenvalue weighted by Gasteiger charge is 2.22. The van der Waals surface area contributed by atoms with E-state index in [4.69, 9.17) is 11.6 Å². The summed E-state index contributed by atoms with van der Waals surface area (Å²) < 4.78 is 0.355. The van der Waals surface area contributed by atoms with Crippen LogP contribution in [0.4, 0.5) is 17.1 Å². The van der Waals surface area contributed by atoms with Crippen LogP contribution in [0, 0.1) is 10.1 Å². The summed E-state index contributed by atoms with van der Waals surface area (Å²) in [4.78, 5) is 34.4. The number of non-ortho nitro benzene ring substituents is 1. The van der Waals surface area contributed by atoms with Gasteiger partial charge in [0.15, 0.2) is 0 Å². The largest absolute Gasteiger partial charge is 0.326 e. The lowest BCUT2D eigenvalue weighted by Crippen LogP contribution is -2.11. The van der Waals surface area contributed by atoms with Crippen molar-refractivity contribution < 1.29 is 14.5 Å². The van der Waals surface area contributed by atoms with E-state index in [0.29, 0.717) is 21.5 Å². The minimum atomic E-state index is -0.502. The number of amides is 2. The number of hydrogen-bond acceptors (Lipinski definition) is 5. The molecule has 0 radical (unpaired) electrons. The van der Waals surface area contributed by atoms with Gasteiger partial charge >= 0.3 is 0 Å². The minimum absolute atomic E-state index is 0.0897. The molecule has 0 saturated heterocycles. The molecule has 2 aromatic carbocycles. The van der Waals surface area contributed by atoms with Crippen molar-refractivity contribution in [3.05, 3.63) is 62.5 Å². The fourth-order valence-electron chi connectivity index (χ4n) is 2.39. The van der Waals surface area contributed by atoms with E-state index in [1.807, 2.05) is 0 Å². The molecule has 0 fully saturated rings. The van der Waals surface area contributed by atoms with Crippen molar-refractivity contribution in [1.29, 1.82) is 0 Å². The van der Waals surface area contributed by atoms with Gasteiger partial charge in [-0.3, -0.25) is 19.7 Å². The van der Waals surface area contributed by atoms with Gasteiger partial charge in [0.05, 0.1) is 9.95 Å². The van der Waals surface area contributed by atoms with Crippen LogP contribution >= 0.6 is 22.9 Å². The molecule has 3 rings (SSSR count). The van der Waals surface area contributed by atoms with Gasteiger partial charge in [-0.05, 0) is 24.3 Å². The molecule has 7 nitrogen and oxygen atoms in total. The number of thiophene rings is 1. The highest BCUT2D eigenvalue weighted by molar-refractivity contribution is 7.22. The van der Waals surface area contributed by atoms with E-state index < -0.39 is 10.8 Å². The molecule has 0 saturated carbocycles. The van der Waals surface area contributed by atoms with Crippen LogP contribution in [-0.2, 0) is 4.79 Å². The van der Waals surface area contributed by atoms with E-state index in [1.165, 1.54) is 19.1 Å². The standard InChI is InChI=1S/C17H12ClN3O4S/c1-9(22)19-10-5-7-11(8-6-10)20-17(23)16-14(18)12-3-2-4-13(21(24)25)15(12)26-16/h2-8H,1H3,(H,19,22)(H,20,23). The highest BCUT2D eigenvalue weighted by atomic mass is 35.5. The number of nitrogens with one attached hydrogen (secondary N) is 2. The van der Waals surface area contributed by atoms with Crippen LogP contribution < -0.4 is 10.6 Å². The van der Waals surface area contributed by atoms with E-state index in [2.05, 4.69) is 10.6 Å². The van der Waals surface area contributed by atoms with Crippen LogP contribution in [0.2, 0.25) is 5.02 Å². The Morgan fingerprint density at radius 1 is 1.08 bits per heavy atom. The molecule has 0 aliphatic carbocycles. The van der Waals surface area contributed by atoms with Crippen LogP contribution in [0.5, 0.6) is 0 Å².